The van der Waals surface area contributed by atoms with Crippen molar-refractivity contribution >= 4 is 5.70 Å². The Morgan fingerprint density at radius 3 is 2.93 bits per heavy atom. The Kier molecular flexibility index (Phi) is 3.57. The number of allylic oxidation sites excluding steroid dienone is 1. The SMILES string of the molecule is CCOc1ccccc1/C(N)=C/C#N. The lowest BCUT2D eigenvalue weighted by Crippen LogP contribution is -2.01. The molecule has 0 amide bonds. The van der Waals surface area contributed by atoms with Crippen molar-refractivity contribution in [2.45, 2.75) is 6.92 Å². The summed E-state index contributed by atoms with van der Waals surface area (Å²) in [5.74, 6) is 0.707. The van der Waals surface area contributed by atoms with Crippen molar-refractivity contribution in [2.24, 2.45) is 5.73 Å². The molecule has 0 aliphatic carbocycles. The lowest BCUT2D eigenvalue weighted by molar-refractivity contribution is 0.339. The smallest absolute Gasteiger partial charge is 0.128 e. The van der Waals surface area contributed by atoms with Crippen LogP contribution in [0.2, 0.25) is 0 Å². The number of ether oxygens (including phenoxy) is 1. The highest BCUT2D eigenvalue weighted by atomic mass is 16.5. The zero-order chi connectivity index (χ0) is 10.4. The number of rotatable bonds is 3. The van der Waals surface area contributed by atoms with Gasteiger partial charge >= 0.3 is 0 Å². The summed E-state index contributed by atoms with van der Waals surface area (Å²) in [4.78, 5) is 0. The van der Waals surface area contributed by atoms with Crippen LogP contribution in [0.5, 0.6) is 5.75 Å². The molecule has 0 bridgehead atoms. The summed E-state index contributed by atoms with van der Waals surface area (Å²) in [5.41, 5.74) is 6.88. The summed E-state index contributed by atoms with van der Waals surface area (Å²) in [7, 11) is 0. The van der Waals surface area contributed by atoms with E-state index < -0.39 is 0 Å². The van der Waals surface area contributed by atoms with Crippen molar-refractivity contribution in [2.75, 3.05) is 6.61 Å². The summed E-state index contributed by atoms with van der Waals surface area (Å²) >= 11 is 0. The van der Waals surface area contributed by atoms with Gasteiger partial charge in [-0.15, -0.1) is 0 Å². The lowest BCUT2D eigenvalue weighted by Gasteiger charge is -2.08. The highest BCUT2D eigenvalue weighted by Gasteiger charge is 2.03. The van der Waals surface area contributed by atoms with Crippen molar-refractivity contribution in [1.29, 1.82) is 5.26 Å². The Bertz CT molecular complexity index is 377. The number of nitriles is 1. The van der Waals surface area contributed by atoms with E-state index in [1.807, 2.05) is 37.3 Å². The third-order valence-electron chi connectivity index (χ3n) is 1.72. The average molecular weight is 188 g/mol. The minimum absolute atomic E-state index is 0.427. The van der Waals surface area contributed by atoms with Crippen LogP contribution in [0.25, 0.3) is 5.70 Å². The molecule has 72 valence electrons. The predicted molar refractivity (Wildman–Crippen MR) is 55.4 cm³/mol. The zero-order valence-corrected chi connectivity index (χ0v) is 8.03. The molecule has 0 aliphatic rings. The monoisotopic (exact) mass is 188 g/mol. The third kappa shape index (κ3) is 2.27. The van der Waals surface area contributed by atoms with Crippen molar-refractivity contribution in [3.05, 3.63) is 35.9 Å². The number of hydrogen-bond donors (Lipinski definition) is 1. The number of nitrogens with two attached hydrogens (primary N) is 1. The van der Waals surface area contributed by atoms with Crippen molar-refractivity contribution in [3.8, 4) is 11.8 Å². The number of hydrogen-bond acceptors (Lipinski definition) is 3. The molecule has 0 atom stereocenters. The first kappa shape index (κ1) is 10.1. The van der Waals surface area contributed by atoms with Crippen LogP contribution < -0.4 is 10.5 Å². The molecular weight excluding hydrogens is 176 g/mol. The first-order valence-corrected chi connectivity index (χ1v) is 4.37. The van der Waals surface area contributed by atoms with E-state index in [9.17, 15) is 0 Å². The van der Waals surface area contributed by atoms with Gasteiger partial charge in [-0.3, -0.25) is 0 Å². The number of nitrogens with zero attached hydrogens (tertiary/aromatic N) is 1. The van der Waals surface area contributed by atoms with E-state index in [1.54, 1.807) is 0 Å². The van der Waals surface area contributed by atoms with E-state index in [0.29, 0.717) is 18.1 Å². The van der Waals surface area contributed by atoms with Gasteiger partial charge in [0.25, 0.3) is 0 Å². The molecule has 3 heteroatoms. The summed E-state index contributed by atoms with van der Waals surface area (Å²) in [6, 6.07) is 9.28. The molecule has 0 unspecified atom stereocenters. The normalized spacial score (nSPS) is 10.7. The van der Waals surface area contributed by atoms with Crippen LogP contribution in [-0.2, 0) is 0 Å². The topological polar surface area (TPSA) is 59.0 Å². The van der Waals surface area contributed by atoms with Gasteiger partial charge in [0.15, 0.2) is 0 Å². The summed E-state index contributed by atoms with van der Waals surface area (Å²) in [5, 5.41) is 8.47. The average Bonchev–Trinajstić information content (AvgIpc) is 2.19. The van der Waals surface area contributed by atoms with Gasteiger partial charge in [-0.05, 0) is 19.1 Å². The summed E-state index contributed by atoms with van der Waals surface area (Å²) < 4.78 is 5.37. The molecule has 0 radical (unpaired) electrons. The first-order chi connectivity index (χ1) is 6.79. The lowest BCUT2D eigenvalue weighted by atomic mass is 10.1. The quantitative estimate of drug-likeness (QED) is 0.737. The maximum Gasteiger partial charge on any atom is 0.128 e. The van der Waals surface area contributed by atoms with Gasteiger partial charge in [0, 0.05) is 11.6 Å². The maximum absolute atomic E-state index is 8.47. The molecule has 3 nitrogen and oxygen atoms in total. The van der Waals surface area contributed by atoms with Gasteiger partial charge in [-0.1, -0.05) is 12.1 Å². The van der Waals surface area contributed by atoms with Gasteiger partial charge in [-0.2, -0.15) is 5.26 Å². The third-order valence-corrected chi connectivity index (χ3v) is 1.72. The largest absolute Gasteiger partial charge is 0.493 e. The highest BCUT2D eigenvalue weighted by molar-refractivity contribution is 5.69. The van der Waals surface area contributed by atoms with Crippen LogP contribution in [0.3, 0.4) is 0 Å². The van der Waals surface area contributed by atoms with Crippen LogP contribution in [0.15, 0.2) is 30.3 Å². The standard InChI is InChI=1S/C11H12N2O/c1-2-14-11-6-4-3-5-9(11)10(13)7-8-12/h3-7H,2,13H2,1H3/b10-7-. The van der Waals surface area contributed by atoms with Gasteiger partial charge < -0.3 is 10.5 Å². The number of benzene rings is 1. The second-order valence-corrected chi connectivity index (χ2v) is 2.66. The Labute approximate surface area is 83.4 Å². The fraction of sp³-hybridized carbons (Fsp3) is 0.182. The van der Waals surface area contributed by atoms with E-state index in [1.165, 1.54) is 6.08 Å². The van der Waals surface area contributed by atoms with Crippen molar-refractivity contribution in [3.63, 3.8) is 0 Å². The predicted octanol–water partition coefficient (Wildman–Crippen LogP) is 1.91. The Morgan fingerprint density at radius 1 is 1.57 bits per heavy atom. The molecule has 1 aromatic carbocycles. The molecule has 0 saturated heterocycles. The molecule has 14 heavy (non-hydrogen) atoms. The molecule has 0 saturated carbocycles. The Hall–Kier alpha value is -1.95. The molecular formula is C11H12N2O. The number of para-hydroxylation sites is 1. The molecule has 1 aromatic rings. The summed E-state index contributed by atoms with van der Waals surface area (Å²) in [6.07, 6.45) is 1.30. The Balaban J connectivity index is 3.08. The molecule has 2 N–H and O–H groups in total. The Morgan fingerprint density at radius 2 is 2.29 bits per heavy atom. The molecule has 0 spiro atoms. The fourth-order valence-electron chi connectivity index (χ4n) is 1.13. The van der Waals surface area contributed by atoms with E-state index in [-0.39, 0.29) is 0 Å². The molecule has 0 heterocycles. The molecule has 0 aliphatic heterocycles. The van der Waals surface area contributed by atoms with Crippen LogP contribution in [-0.4, -0.2) is 6.61 Å². The fourth-order valence-corrected chi connectivity index (χ4v) is 1.13. The zero-order valence-electron chi connectivity index (χ0n) is 8.03. The van der Waals surface area contributed by atoms with E-state index >= 15 is 0 Å². The van der Waals surface area contributed by atoms with Crippen LogP contribution in [0.1, 0.15) is 12.5 Å². The molecule has 1 rings (SSSR count). The van der Waals surface area contributed by atoms with E-state index in [0.717, 1.165) is 5.56 Å². The minimum Gasteiger partial charge on any atom is -0.493 e. The van der Waals surface area contributed by atoms with E-state index in [4.69, 9.17) is 15.7 Å². The molecule has 0 aromatic heterocycles. The van der Waals surface area contributed by atoms with Gasteiger partial charge in [0.2, 0.25) is 0 Å². The maximum atomic E-state index is 8.47. The second kappa shape index (κ2) is 4.93. The van der Waals surface area contributed by atoms with Gasteiger partial charge in [0.05, 0.1) is 18.4 Å². The van der Waals surface area contributed by atoms with Crippen LogP contribution >= 0.6 is 0 Å². The highest BCUT2D eigenvalue weighted by Crippen LogP contribution is 2.22. The van der Waals surface area contributed by atoms with Crippen LogP contribution in [0, 0.1) is 11.3 Å². The van der Waals surface area contributed by atoms with E-state index in [2.05, 4.69) is 0 Å². The summed E-state index contributed by atoms with van der Waals surface area (Å²) in [6.45, 7) is 2.48. The van der Waals surface area contributed by atoms with Gasteiger partial charge in [0.1, 0.15) is 5.75 Å². The van der Waals surface area contributed by atoms with Gasteiger partial charge in [-0.25, -0.2) is 0 Å². The van der Waals surface area contributed by atoms with Crippen molar-refractivity contribution in [1.82, 2.24) is 0 Å². The minimum atomic E-state index is 0.427. The first-order valence-electron chi connectivity index (χ1n) is 4.37. The van der Waals surface area contributed by atoms with Crippen molar-refractivity contribution < 1.29 is 4.74 Å². The van der Waals surface area contributed by atoms with Crippen LogP contribution in [0.4, 0.5) is 0 Å². The molecule has 0 fully saturated rings. The second-order valence-electron chi connectivity index (χ2n) is 2.66.